The minimum atomic E-state index is -1.84. The molecule has 0 spiro atoms. The molecule has 0 amide bonds. The van der Waals surface area contributed by atoms with Crippen LogP contribution in [0.1, 0.15) is 20.8 Å². The van der Waals surface area contributed by atoms with Crippen LogP contribution in [0.3, 0.4) is 0 Å². The van der Waals surface area contributed by atoms with Gasteiger partial charge in [-0.05, 0) is 20.8 Å². The average molecular weight is 858 g/mol. The maximum Gasteiger partial charge on any atom is 0.187 e. The summed E-state index contributed by atoms with van der Waals surface area (Å²) >= 11 is 0. The predicted molar refractivity (Wildman–Crippen MR) is 137 cm³/mol. The summed E-state index contributed by atoms with van der Waals surface area (Å²) in [5.74, 6) is 0. The van der Waals surface area contributed by atoms with Crippen molar-refractivity contribution >= 4 is 0 Å². The van der Waals surface area contributed by atoms with Crippen LogP contribution in [-0.4, -0.2) is 187 Å². The number of aliphatic hydroxyl groups is 10. The van der Waals surface area contributed by atoms with Crippen molar-refractivity contribution in [1.29, 1.82) is 0 Å². The molecule has 18 nitrogen and oxygen atoms in total. The minimum Gasteiger partial charge on any atom is -0.670 e. The zero-order valence-electron chi connectivity index (χ0n) is 24.4. The zero-order chi connectivity index (χ0) is 31.9. The molecular formula is C25H44AcNO17-. The van der Waals surface area contributed by atoms with E-state index in [4.69, 9.17) is 38.9 Å². The molecule has 20 atom stereocenters. The molecule has 4 rings (SSSR count). The van der Waals surface area contributed by atoms with Crippen LogP contribution in [0.25, 0.3) is 5.73 Å². The largest absolute Gasteiger partial charge is 0.670 e. The number of rotatable bonds is 8. The fourth-order valence-electron chi connectivity index (χ4n) is 5.62. The van der Waals surface area contributed by atoms with Crippen molar-refractivity contribution in [3.8, 4) is 0 Å². The Morgan fingerprint density at radius 1 is 0.477 bits per heavy atom. The molecular weight excluding hydrogens is 813 g/mol. The number of hydrogen-bond donors (Lipinski definition) is 10. The second-order valence-corrected chi connectivity index (χ2v) is 11.5. The van der Waals surface area contributed by atoms with Crippen LogP contribution in [-0.2, 0) is 33.2 Å². The van der Waals surface area contributed by atoms with Gasteiger partial charge in [0.15, 0.2) is 18.9 Å². The number of ether oxygens (including phenoxy) is 7. The Labute approximate surface area is 289 Å². The molecule has 11 N–H and O–H groups in total. The van der Waals surface area contributed by atoms with Gasteiger partial charge in [0.05, 0.1) is 31.5 Å². The normalized spacial score (nSPS) is 53.6. The molecule has 4 saturated heterocycles. The quantitative estimate of drug-likeness (QED) is 0.109. The molecule has 255 valence electrons. The first-order valence-corrected chi connectivity index (χ1v) is 14.2. The second-order valence-electron chi connectivity index (χ2n) is 11.5. The topological polar surface area (TPSA) is 291 Å². The smallest absolute Gasteiger partial charge is 0.187 e. The maximum atomic E-state index is 11.0. The Morgan fingerprint density at radius 3 is 1.41 bits per heavy atom. The molecule has 0 aromatic carbocycles. The van der Waals surface area contributed by atoms with Gasteiger partial charge in [0.2, 0.25) is 0 Å². The SMILES string of the molecule is CC1OC(CO)[C@H](O[C@@H]2OC(CO)[C@H](O)C(O)C2O[C@@H]2OC(C)[C@@H](O)C(O)C2O)C(O[C@@H]2OC(C)[C@@H](O)C(O)C2O)C1[NH-].[Ac]. The van der Waals surface area contributed by atoms with Crippen LogP contribution in [0, 0.1) is 44.1 Å². The Bertz CT molecular complexity index is 898. The van der Waals surface area contributed by atoms with Crippen molar-refractivity contribution < 1.29 is 128 Å². The van der Waals surface area contributed by atoms with Crippen molar-refractivity contribution in [1.82, 2.24) is 0 Å². The van der Waals surface area contributed by atoms with Gasteiger partial charge in [0.25, 0.3) is 0 Å². The molecule has 44 heavy (non-hydrogen) atoms. The molecule has 0 aromatic rings. The van der Waals surface area contributed by atoms with E-state index in [0.717, 1.165) is 0 Å². The third kappa shape index (κ3) is 7.95. The summed E-state index contributed by atoms with van der Waals surface area (Å²) in [7, 11) is 0. The summed E-state index contributed by atoms with van der Waals surface area (Å²) in [5.41, 5.74) is 8.70. The van der Waals surface area contributed by atoms with Crippen LogP contribution < -0.4 is 0 Å². The van der Waals surface area contributed by atoms with Gasteiger partial charge >= 0.3 is 0 Å². The molecule has 0 aliphatic carbocycles. The van der Waals surface area contributed by atoms with Crippen LogP contribution in [0.5, 0.6) is 0 Å². The summed E-state index contributed by atoms with van der Waals surface area (Å²) < 4.78 is 40.1. The Morgan fingerprint density at radius 2 is 0.932 bits per heavy atom. The van der Waals surface area contributed by atoms with Gasteiger partial charge in [-0.1, -0.05) is 6.04 Å². The first-order chi connectivity index (χ1) is 20.2. The Kier molecular flexibility index (Phi) is 14.6. The molecule has 4 fully saturated rings. The van der Waals surface area contributed by atoms with Crippen LogP contribution in [0.4, 0.5) is 0 Å². The van der Waals surface area contributed by atoms with E-state index >= 15 is 0 Å². The first-order valence-electron chi connectivity index (χ1n) is 14.2. The van der Waals surface area contributed by atoms with Crippen LogP contribution in [0.2, 0.25) is 0 Å². The average Bonchev–Trinajstić information content (AvgIpc) is 2.98. The van der Waals surface area contributed by atoms with Gasteiger partial charge in [-0.3, -0.25) is 0 Å². The zero-order valence-corrected chi connectivity index (χ0v) is 29.1. The van der Waals surface area contributed by atoms with E-state index in [2.05, 4.69) is 0 Å². The molecule has 19 heteroatoms. The Hall–Kier alpha value is 0.722. The van der Waals surface area contributed by atoms with Crippen molar-refractivity contribution in [3.05, 3.63) is 5.73 Å². The van der Waals surface area contributed by atoms with E-state index in [1.807, 2.05) is 0 Å². The fourth-order valence-corrected chi connectivity index (χ4v) is 5.62. The minimum absolute atomic E-state index is 0. The van der Waals surface area contributed by atoms with Crippen molar-refractivity contribution in [3.63, 3.8) is 0 Å². The summed E-state index contributed by atoms with van der Waals surface area (Å²) in [4.78, 5) is 0. The van der Waals surface area contributed by atoms with Gasteiger partial charge in [-0.25, -0.2) is 0 Å². The molecule has 13 unspecified atom stereocenters. The van der Waals surface area contributed by atoms with Crippen LogP contribution >= 0.6 is 0 Å². The van der Waals surface area contributed by atoms with Gasteiger partial charge < -0.3 is 90.0 Å². The van der Waals surface area contributed by atoms with Gasteiger partial charge in [0.1, 0.15) is 73.2 Å². The predicted octanol–water partition coefficient (Wildman–Crippen LogP) is -5.56. The number of nitrogens with one attached hydrogen (secondary N) is 1. The van der Waals surface area contributed by atoms with Gasteiger partial charge in [-0.2, -0.15) is 0 Å². The Balaban J connectivity index is 0.00000529. The first kappa shape index (κ1) is 39.2. The summed E-state index contributed by atoms with van der Waals surface area (Å²) in [6.07, 6.45) is -28.2. The summed E-state index contributed by atoms with van der Waals surface area (Å²) in [6, 6.07) is -1.25. The third-order valence-electron chi connectivity index (χ3n) is 8.43. The molecule has 4 heterocycles. The third-order valence-corrected chi connectivity index (χ3v) is 8.43. The van der Waals surface area contributed by atoms with E-state index in [9.17, 15) is 51.1 Å². The van der Waals surface area contributed by atoms with Crippen LogP contribution in [0.15, 0.2) is 0 Å². The van der Waals surface area contributed by atoms with Crippen molar-refractivity contribution in [2.75, 3.05) is 13.2 Å². The summed E-state index contributed by atoms with van der Waals surface area (Å²) in [5, 5.41) is 103. The molecule has 1 radical (unpaired) electrons. The monoisotopic (exact) mass is 857 g/mol. The number of aliphatic hydroxyl groups excluding tert-OH is 10. The maximum absolute atomic E-state index is 11.0. The van der Waals surface area contributed by atoms with Gasteiger partial charge in [-0.15, -0.1) is 0 Å². The van der Waals surface area contributed by atoms with E-state index in [0.29, 0.717) is 0 Å². The summed E-state index contributed by atoms with van der Waals surface area (Å²) in [6.45, 7) is 2.91. The van der Waals surface area contributed by atoms with E-state index < -0.39 is 136 Å². The molecule has 4 aliphatic rings. The number of hydrogen-bond acceptors (Lipinski definition) is 17. The van der Waals surface area contributed by atoms with Gasteiger partial charge in [0, 0.05) is 50.2 Å². The molecule has 0 aromatic heterocycles. The molecule has 0 bridgehead atoms. The van der Waals surface area contributed by atoms with E-state index in [-0.39, 0.29) is 44.1 Å². The van der Waals surface area contributed by atoms with Crippen molar-refractivity contribution in [2.24, 2.45) is 0 Å². The molecule has 0 saturated carbocycles. The second kappa shape index (κ2) is 16.4. The van der Waals surface area contributed by atoms with E-state index in [1.54, 1.807) is 0 Å². The fraction of sp³-hybridized carbons (Fsp3) is 1.00. The standard InChI is InChI=1S/C25H44NO17.Ac/c1-6-11(26)21(42-23-18(35)15(32)12(29)7(2)38-23)20(10(5-28)37-6)41-25-22(17(34)14(31)9(4-27)40-25)43-24-19(36)16(33)13(30)8(3)39-24;/h6-36H,4-5H2,1-3H3;/q-1;/t6?,7?,8?,9?,10?,11?,12-,13-,14+,15?,16?,17?,18?,19?,20+,21?,22?,23+,24+,25+;/m1./s1. The van der Waals surface area contributed by atoms with Crippen molar-refractivity contribution in [2.45, 2.75) is 143 Å². The van der Waals surface area contributed by atoms with E-state index in [1.165, 1.54) is 20.8 Å². The molecule has 4 aliphatic heterocycles.